The third kappa shape index (κ3) is 7.29. The van der Waals surface area contributed by atoms with Crippen molar-refractivity contribution >= 4 is 17.6 Å². The van der Waals surface area contributed by atoms with E-state index in [9.17, 15) is 18.7 Å². The fraction of sp³-hybridized carbons (Fsp3) is 0.483. The fourth-order valence-electron chi connectivity index (χ4n) is 3.99. The summed E-state index contributed by atoms with van der Waals surface area (Å²) in [5.41, 5.74) is 1.10. The SMILES string of the molecule is CC(C1CC1)C(C)(C)O.CCc1c(F)c(F)cc(-c2ccc(C(=N)OC(C)=N)cc2)c1C(=O)C(C)C. The summed E-state index contributed by atoms with van der Waals surface area (Å²) in [5.74, 6) is -1.60. The van der Waals surface area contributed by atoms with Crippen LogP contribution in [0.4, 0.5) is 8.78 Å². The number of ether oxygens (including phenoxy) is 1. The Morgan fingerprint density at radius 1 is 1.14 bits per heavy atom. The molecule has 0 heterocycles. The van der Waals surface area contributed by atoms with Crippen molar-refractivity contribution in [1.82, 2.24) is 0 Å². The summed E-state index contributed by atoms with van der Waals surface area (Å²) < 4.78 is 33.4. The summed E-state index contributed by atoms with van der Waals surface area (Å²) in [6.07, 6.45) is 2.84. The second kappa shape index (κ2) is 11.9. The van der Waals surface area contributed by atoms with Crippen LogP contribution in [-0.4, -0.2) is 28.3 Å². The van der Waals surface area contributed by atoms with Crippen LogP contribution in [0.15, 0.2) is 30.3 Å². The fourth-order valence-corrected chi connectivity index (χ4v) is 3.99. The maximum absolute atomic E-state index is 14.3. The molecule has 1 saturated carbocycles. The Hall–Kier alpha value is -2.93. The zero-order chi connectivity index (χ0) is 27.4. The molecule has 3 rings (SSSR count). The standard InChI is InChI=1S/C21H22F2N2O2.C8H16O/c1-5-15-18(20(26)11(2)3)16(10-17(22)19(15)23)13-6-8-14(9-7-13)21(25)27-12(4)24;1-6(7-4-5-7)8(2,3)9/h6-11,24-25H,5H2,1-4H3;6-7,9H,4-5H2,1-3H3. The Morgan fingerprint density at radius 3 is 2.08 bits per heavy atom. The Labute approximate surface area is 212 Å². The summed E-state index contributed by atoms with van der Waals surface area (Å²) in [7, 11) is 0. The highest BCUT2D eigenvalue weighted by atomic mass is 19.2. The highest BCUT2D eigenvalue weighted by molar-refractivity contribution is 6.05. The van der Waals surface area contributed by atoms with Gasteiger partial charge < -0.3 is 9.84 Å². The van der Waals surface area contributed by atoms with Crippen LogP contribution in [0.2, 0.25) is 0 Å². The normalized spacial score (nSPS) is 14.1. The van der Waals surface area contributed by atoms with Crippen molar-refractivity contribution in [2.24, 2.45) is 17.8 Å². The van der Waals surface area contributed by atoms with Crippen molar-refractivity contribution in [3.8, 4) is 11.1 Å². The number of aliphatic hydroxyl groups is 1. The van der Waals surface area contributed by atoms with E-state index in [1.165, 1.54) is 19.8 Å². The Morgan fingerprint density at radius 2 is 1.69 bits per heavy atom. The van der Waals surface area contributed by atoms with Gasteiger partial charge >= 0.3 is 0 Å². The average molecular weight is 501 g/mol. The summed E-state index contributed by atoms with van der Waals surface area (Å²) >= 11 is 0. The first-order valence-corrected chi connectivity index (χ1v) is 12.4. The van der Waals surface area contributed by atoms with E-state index < -0.39 is 17.2 Å². The van der Waals surface area contributed by atoms with Crippen LogP contribution < -0.4 is 0 Å². The molecule has 1 aliphatic rings. The third-order valence-electron chi connectivity index (χ3n) is 6.60. The number of hydrogen-bond acceptors (Lipinski definition) is 5. The van der Waals surface area contributed by atoms with Crippen LogP contribution >= 0.6 is 0 Å². The number of benzene rings is 2. The predicted octanol–water partition coefficient (Wildman–Crippen LogP) is 7.18. The summed E-state index contributed by atoms with van der Waals surface area (Å²) in [6.45, 7) is 12.5. The minimum absolute atomic E-state index is 0.0725. The quantitative estimate of drug-likeness (QED) is 0.214. The summed E-state index contributed by atoms with van der Waals surface area (Å²) in [4.78, 5) is 12.7. The first-order chi connectivity index (χ1) is 16.7. The van der Waals surface area contributed by atoms with E-state index in [-0.39, 0.29) is 41.0 Å². The molecular formula is C29H38F2N2O3. The molecule has 1 atom stereocenters. The first kappa shape index (κ1) is 29.3. The molecule has 0 spiro atoms. The second-order valence-electron chi connectivity index (χ2n) is 10.3. The van der Waals surface area contributed by atoms with Crippen LogP contribution in [-0.2, 0) is 11.2 Å². The molecule has 0 radical (unpaired) electrons. The van der Waals surface area contributed by atoms with Crippen LogP contribution in [0.5, 0.6) is 0 Å². The van der Waals surface area contributed by atoms with E-state index in [4.69, 9.17) is 15.6 Å². The smallest absolute Gasteiger partial charge is 0.220 e. The number of carbonyl (C=O) groups excluding carboxylic acids is 1. The molecule has 0 aliphatic heterocycles. The molecule has 3 N–H and O–H groups in total. The summed E-state index contributed by atoms with van der Waals surface area (Å²) in [5, 5.41) is 24.6. The topological polar surface area (TPSA) is 94.2 Å². The van der Waals surface area contributed by atoms with Gasteiger partial charge in [-0.25, -0.2) is 8.78 Å². The maximum atomic E-state index is 14.3. The molecular weight excluding hydrogens is 462 g/mol. The lowest BCUT2D eigenvalue weighted by molar-refractivity contribution is 0.0155. The van der Waals surface area contributed by atoms with E-state index in [0.29, 0.717) is 22.6 Å². The van der Waals surface area contributed by atoms with Gasteiger partial charge in [-0.2, -0.15) is 0 Å². The van der Waals surface area contributed by atoms with Crippen LogP contribution in [0.1, 0.15) is 82.8 Å². The second-order valence-corrected chi connectivity index (χ2v) is 10.3. The molecule has 196 valence electrons. The molecule has 0 saturated heterocycles. The van der Waals surface area contributed by atoms with Crippen molar-refractivity contribution in [3.05, 3.63) is 58.7 Å². The van der Waals surface area contributed by atoms with Crippen LogP contribution in [0.3, 0.4) is 0 Å². The van der Waals surface area contributed by atoms with Gasteiger partial charge in [-0.1, -0.05) is 39.8 Å². The van der Waals surface area contributed by atoms with Gasteiger partial charge in [0, 0.05) is 29.5 Å². The molecule has 0 bridgehead atoms. The minimum atomic E-state index is -0.998. The number of Topliss-reactive ketones (excluding diaryl/α,β-unsaturated/α-hetero) is 1. The van der Waals surface area contributed by atoms with Crippen molar-refractivity contribution in [1.29, 1.82) is 10.8 Å². The van der Waals surface area contributed by atoms with Gasteiger partial charge in [0.05, 0.1) is 5.60 Å². The van der Waals surface area contributed by atoms with Gasteiger partial charge in [0.2, 0.25) is 5.90 Å². The van der Waals surface area contributed by atoms with Crippen molar-refractivity contribution in [2.75, 3.05) is 0 Å². The lowest BCUT2D eigenvalue weighted by Crippen LogP contribution is -2.29. The average Bonchev–Trinajstić information content (AvgIpc) is 3.64. The first-order valence-electron chi connectivity index (χ1n) is 12.4. The zero-order valence-corrected chi connectivity index (χ0v) is 22.3. The Balaban J connectivity index is 0.000000425. The molecule has 36 heavy (non-hydrogen) atoms. The van der Waals surface area contributed by atoms with Crippen LogP contribution in [0.25, 0.3) is 11.1 Å². The van der Waals surface area contributed by atoms with Gasteiger partial charge in [-0.3, -0.25) is 15.6 Å². The highest BCUT2D eigenvalue weighted by Gasteiger charge is 2.36. The Bertz CT molecular complexity index is 1110. The van der Waals surface area contributed by atoms with E-state index in [0.717, 1.165) is 12.0 Å². The van der Waals surface area contributed by atoms with Gasteiger partial charge in [-0.05, 0) is 74.3 Å². The van der Waals surface area contributed by atoms with Gasteiger partial charge in [0.1, 0.15) is 0 Å². The molecule has 7 heteroatoms. The lowest BCUT2D eigenvalue weighted by Gasteiger charge is -2.25. The molecule has 1 fully saturated rings. The van der Waals surface area contributed by atoms with E-state index in [2.05, 4.69) is 6.92 Å². The highest BCUT2D eigenvalue weighted by Crippen LogP contribution is 2.41. The number of hydrogen-bond donors (Lipinski definition) is 3. The summed E-state index contributed by atoms with van der Waals surface area (Å²) in [6, 6.07) is 7.45. The lowest BCUT2D eigenvalue weighted by atomic mass is 9.87. The van der Waals surface area contributed by atoms with Crippen molar-refractivity contribution < 1.29 is 23.4 Å². The van der Waals surface area contributed by atoms with E-state index >= 15 is 0 Å². The third-order valence-corrected chi connectivity index (χ3v) is 6.60. The molecule has 5 nitrogen and oxygen atoms in total. The molecule has 2 aromatic rings. The molecule has 1 unspecified atom stereocenters. The van der Waals surface area contributed by atoms with Crippen LogP contribution in [0, 0.1) is 40.2 Å². The van der Waals surface area contributed by atoms with E-state index in [1.807, 2.05) is 13.8 Å². The monoisotopic (exact) mass is 500 g/mol. The number of nitrogens with one attached hydrogen (secondary N) is 2. The maximum Gasteiger partial charge on any atom is 0.220 e. The largest absolute Gasteiger partial charge is 0.426 e. The minimum Gasteiger partial charge on any atom is -0.426 e. The van der Waals surface area contributed by atoms with Gasteiger partial charge in [-0.15, -0.1) is 0 Å². The predicted molar refractivity (Wildman–Crippen MR) is 140 cm³/mol. The van der Waals surface area contributed by atoms with Gasteiger partial charge in [0.25, 0.3) is 0 Å². The molecule has 1 aliphatic carbocycles. The van der Waals surface area contributed by atoms with Crippen molar-refractivity contribution in [3.63, 3.8) is 0 Å². The van der Waals surface area contributed by atoms with E-state index in [1.54, 1.807) is 45.0 Å². The zero-order valence-electron chi connectivity index (χ0n) is 22.3. The number of rotatable bonds is 7. The number of ketones is 1. The number of carbonyl (C=O) groups is 1. The Kier molecular flexibility index (Phi) is 9.66. The molecule has 0 amide bonds. The number of halogens is 2. The van der Waals surface area contributed by atoms with Crippen molar-refractivity contribution in [2.45, 2.75) is 73.3 Å². The molecule has 0 aromatic heterocycles. The molecule has 2 aromatic carbocycles. The van der Waals surface area contributed by atoms with Gasteiger partial charge in [0.15, 0.2) is 23.3 Å².